The first kappa shape index (κ1) is 25.3. The molecule has 0 saturated carbocycles. The summed E-state index contributed by atoms with van der Waals surface area (Å²) in [5.74, 6) is 1.01. The van der Waals surface area contributed by atoms with Crippen molar-refractivity contribution in [3.63, 3.8) is 0 Å². The van der Waals surface area contributed by atoms with Gasteiger partial charge in [0.1, 0.15) is 0 Å². The molecule has 1 unspecified atom stereocenters. The molecule has 0 bridgehead atoms. The van der Waals surface area contributed by atoms with Gasteiger partial charge in [-0.05, 0) is 67.2 Å². The van der Waals surface area contributed by atoms with Crippen molar-refractivity contribution in [3.05, 3.63) is 46.4 Å². The van der Waals surface area contributed by atoms with Gasteiger partial charge in [-0.2, -0.15) is 0 Å². The van der Waals surface area contributed by atoms with E-state index in [1.54, 1.807) is 0 Å². The Morgan fingerprint density at radius 3 is 2.10 bits per heavy atom. The molecule has 0 spiro atoms. The number of aliphatic hydroxyl groups excluding tert-OH is 1. The minimum absolute atomic E-state index is 0.210. The van der Waals surface area contributed by atoms with Gasteiger partial charge in [0.25, 0.3) is 0 Å². The zero-order valence-corrected chi connectivity index (χ0v) is 20.1. The van der Waals surface area contributed by atoms with Crippen LogP contribution in [0.25, 0.3) is 11.3 Å². The summed E-state index contributed by atoms with van der Waals surface area (Å²) in [6, 6.07) is 6.68. The number of hydrogen-bond acceptors (Lipinski definition) is 3. The maximum atomic E-state index is 9.66. The van der Waals surface area contributed by atoms with Crippen LogP contribution < -0.4 is 0 Å². The Balaban J connectivity index is 0.00000204. The Bertz CT molecular complexity index is 768. The highest BCUT2D eigenvalue weighted by Gasteiger charge is 2.22. The van der Waals surface area contributed by atoms with Gasteiger partial charge in [0, 0.05) is 29.3 Å². The summed E-state index contributed by atoms with van der Waals surface area (Å²) in [7, 11) is 0. The van der Waals surface area contributed by atoms with Gasteiger partial charge >= 0.3 is 0 Å². The Hall–Kier alpha value is -1.74. The molecule has 0 fully saturated rings. The molecule has 2 aromatic rings. The zero-order valence-electron chi connectivity index (χ0n) is 20.1. The first-order chi connectivity index (χ1) is 13.9. The highest BCUT2D eigenvalue weighted by atomic mass is 16.3. The van der Waals surface area contributed by atoms with E-state index in [1.807, 2.05) is 13.8 Å². The number of aliphatic hydroxyl groups is 1. The van der Waals surface area contributed by atoms with Crippen LogP contribution >= 0.6 is 0 Å². The van der Waals surface area contributed by atoms with Crippen LogP contribution in [0.4, 0.5) is 0 Å². The van der Waals surface area contributed by atoms with Gasteiger partial charge in [-0.25, -0.2) is 0 Å². The number of pyridine rings is 2. The molecule has 3 nitrogen and oxygen atoms in total. The van der Waals surface area contributed by atoms with Crippen LogP contribution in [0.3, 0.4) is 0 Å². The van der Waals surface area contributed by atoms with Gasteiger partial charge in [0.2, 0.25) is 0 Å². The van der Waals surface area contributed by atoms with Crippen molar-refractivity contribution in [3.8, 4) is 11.3 Å². The van der Waals surface area contributed by atoms with Gasteiger partial charge in [-0.3, -0.25) is 9.97 Å². The standard InChI is InChI=1S/C24H36N2O.C2H6/c1-8-18-13-21(19(9-2)16(6)14-27)17(7)25-24(18)20-11-12-23(15(4)5)26-22(20)10-3;1-2/h11-13,15-16,19,27H,8-10,14H2,1-7H3;1-2H3/t16-,19?;/m0./s1. The van der Waals surface area contributed by atoms with Crippen molar-refractivity contribution in [1.82, 2.24) is 9.97 Å². The maximum Gasteiger partial charge on any atom is 0.0755 e. The summed E-state index contributed by atoms with van der Waals surface area (Å²) < 4.78 is 0. The van der Waals surface area contributed by atoms with Crippen LogP contribution in [0.2, 0.25) is 0 Å². The summed E-state index contributed by atoms with van der Waals surface area (Å²) in [6.07, 6.45) is 2.85. The molecule has 0 aromatic carbocycles. The van der Waals surface area contributed by atoms with E-state index in [1.165, 1.54) is 11.1 Å². The number of aromatic nitrogens is 2. The third kappa shape index (κ3) is 5.88. The Kier molecular flexibility index (Phi) is 10.5. The van der Waals surface area contributed by atoms with Crippen molar-refractivity contribution in [1.29, 1.82) is 0 Å². The largest absolute Gasteiger partial charge is 0.396 e. The third-order valence-corrected chi connectivity index (χ3v) is 5.70. The summed E-state index contributed by atoms with van der Waals surface area (Å²) in [6.45, 7) is 19.4. The fourth-order valence-corrected chi connectivity index (χ4v) is 3.92. The third-order valence-electron chi connectivity index (χ3n) is 5.70. The zero-order chi connectivity index (χ0) is 22.1. The quantitative estimate of drug-likeness (QED) is 0.529. The SMILES string of the molecule is CC.CCc1cc(C(CC)[C@@H](C)CO)c(C)nc1-c1ccc(C(C)C)nc1CC. The molecular formula is C26H42N2O. The lowest BCUT2D eigenvalue weighted by Crippen LogP contribution is -2.15. The average Bonchev–Trinajstić information content (AvgIpc) is 2.75. The summed E-state index contributed by atoms with van der Waals surface area (Å²) in [5, 5.41) is 9.66. The van der Waals surface area contributed by atoms with Crippen molar-refractivity contribution in [2.24, 2.45) is 5.92 Å². The molecule has 2 rings (SSSR count). The molecule has 1 N–H and O–H groups in total. The van der Waals surface area contributed by atoms with Crippen LogP contribution in [0.1, 0.15) is 102 Å². The van der Waals surface area contributed by atoms with E-state index in [4.69, 9.17) is 9.97 Å². The predicted octanol–water partition coefficient (Wildman–Crippen LogP) is 6.85. The van der Waals surface area contributed by atoms with Crippen molar-refractivity contribution in [2.75, 3.05) is 6.61 Å². The van der Waals surface area contributed by atoms with E-state index >= 15 is 0 Å². The van der Waals surface area contributed by atoms with E-state index in [-0.39, 0.29) is 12.5 Å². The fourth-order valence-electron chi connectivity index (χ4n) is 3.92. The second-order valence-corrected chi connectivity index (χ2v) is 7.94. The van der Waals surface area contributed by atoms with Gasteiger partial charge in [-0.15, -0.1) is 0 Å². The smallest absolute Gasteiger partial charge is 0.0755 e. The maximum absolute atomic E-state index is 9.66. The molecule has 0 radical (unpaired) electrons. The Morgan fingerprint density at radius 1 is 0.966 bits per heavy atom. The van der Waals surface area contributed by atoms with Crippen LogP contribution in [0.15, 0.2) is 18.2 Å². The molecule has 0 saturated heterocycles. The van der Waals surface area contributed by atoms with E-state index < -0.39 is 0 Å². The molecule has 2 heterocycles. The molecule has 0 aliphatic heterocycles. The first-order valence-corrected chi connectivity index (χ1v) is 11.5. The number of nitrogens with zero attached hydrogens (tertiary/aromatic N) is 2. The highest BCUT2D eigenvalue weighted by Crippen LogP contribution is 2.34. The van der Waals surface area contributed by atoms with Crippen molar-refractivity contribution in [2.45, 2.75) is 93.4 Å². The predicted molar refractivity (Wildman–Crippen MR) is 126 cm³/mol. The van der Waals surface area contributed by atoms with Gasteiger partial charge < -0.3 is 5.11 Å². The van der Waals surface area contributed by atoms with Crippen LogP contribution in [0.5, 0.6) is 0 Å². The molecule has 0 amide bonds. The second kappa shape index (κ2) is 12.1. The molecule has 2 aromatic heterocycles. The van der Waals surface area contributed by atoms with Crippen LogP contribution in [-0.2, 0) is 12.8 Å². The lowest BCUT2D eigenvalue weighted by atomic mass is 9.83. The van der Waals surface area contributed by atoms with E-state index in [2.05, 4.69) is 66.7 Å². The topological polar surface area (TPSA) is 46.0 Å². The van der Waals surface area contributed by atoms with Crippen LogP contribution in [0, 0.1) is 12.8 Å². The second-order valence-electron chi connectivity index (χ2n) is 7.94. The molecule has 3 heteroatoms. The van der Waals surface area contributed by atoms with E-state index in [0.717, 1.165) is 47.6 Å². The normalized spacial score (nSPS) is 13.1. The number of hydrogen-bond donors (Lipinski definition) is 1. The summed E-state index contributed by atoms with van der Waals surface area (Å²) in [4.78, 5) is 9.98. The van der Waals surface area contributed by atoms with E-state index in [0.29, 0.717) is 11.8 Å². The van der Waals surface area contributed by atoms with Crippen molar-refractivity contribution < 1.29 is 5.11 Å². The molecule has 29 heavy (non-hydrogen) atoms. The minimum atomic E-state index is 0.210. The van der Waals surface area contributed by atoms with Gasteiger partial charge in [-0.1, -0.05) is 61.5 Å². The molecule has 162 valence electrons. The fraction of sp³-hybridized carbons (Fsp3) is 0.615. The first-order valence-electron chi connectivity index (χ1n) is 11.5. The van der Waals surface area contributed by atoms with Crippen LogP contribution in [-0.4, -0.2) is 21.7 Å². The lowest BCUT2D eigenvalue weighted by Gasteiger charge is -2.24. The molecule has 0 aliphatic carbocycles. The van der Waals surface area contributed by atoms with E-state index in [9.17, 15) is 5.11 Å². The highest BCUT2D eigenvalue weighted by molar-refractivity contribution is 5.67. The van der Waals surface area contributed by atoms with Gasteiger partial charge in [0.15, 0.2) is 0 Å². The lowest BCUT2D eigenvalue weighted by molar-refractivity contribution is 0.213. The monoisotopic (exact) mass is 398 g/mol. The van der Waals surface area contributed by atoms with Gasteiger partial charge in [0.05, 0.1) is 5.69 Å². The molecular weight excluding hydrogens is 356 g/mol. The molecule has 2 atom stereocenters. The molecule has 0 aliphatic rings. The summed E-state index contributed by atoms with van der Waals surface area (Å²) >= 11 is 0. The van der Waals surface area contributed by atoms with Crippen molar-refractivity contribution >= 4 is 0 Å². The number of rotatable bonds is 8. The number of aryl methyl sites for hydroxylation is 3. The Labute approximate surface area is 179 Å². The minimum Gasteiger partial charge on any atom is -0.396 e. The Morgan fingerprint density at radius 2 is 1.62 bits per heavy atom. The summed E-state index contributed by atoms with van der Waals surface area (Å²) in [5.41, 5.74) is 8.14. The average molecular weight is 399 g/mol.